The molecule has 0 unspecified atom stereocenters. The topological polar surface area (TPSA) is 95.0 Å². The summed E-state index contributed by atoms with van der Waals surface area (Å²) >= 11 is 0. The second-order valence-electron chi connectivity index (χ2n) is 6.46. The SMILES string of the molecule is CCCN(CC(=O)O)C(=O)c1ccc(S(=O)(=O)N2CCCCCC2)cc1. The monoisotopic (exact) mass is 382 g/mol. The Bertz CT molecular complexity index is 722. The molecule has 1 aromatic rings. The molecule has 0 aliphatic carbocycles. The third-order valence-electron chi connectivity index (χ3n) is 4.41. The summed E-state index contributed by atoms with van der Waals surface area (Å²) in [7, 11) is -3.56. The second kappa shape index (κ2) is 9.14. The van der Waals surface area contributed by atoms with Crippen molar-refractivity contribution in [2.75, 3.05) is 26.2 Å². The van der Waals surface area contributed by atoms with Crippen LogP contribution in [0.15, 0.2) is 29.2 Å². The summed E-state index contributed by atoms with van der Waals surface area (Å²) in [5, 5.41) is 8.95. The average molecular weight is 382 g/mol. The fourth-order valence-electron chi connectivity index (χ4n) is 3.07. The molecule has 0 aromatic heterocycles. The van der Waals surface area contributed by atoms with Crippen LogP contribution in [0.2, 0.25) is 0 Å². The number of carboxylic acid groups (broad SMARTS) is 1. The van der Waals surface area contributed by atoms with Crippen molar-refractivity contribution >= 4 is 21.9 Å². The molecule has 1 aliphatic heterocycles. The van der Waals surface area contributed by atoms with E-state index in [4.69, 9.17) is 5.11 Å². The van der Waals surface area contributed by atoms with Gasteiger partial charge >= 0.3 is 5.97 Å². The molecule has 0 spiro atoms. The summed E-state index contributed by atoms with van der Waals surface area (Å²) < 4.78 is 27.0. The largest absolute Gasteiger partial charge is 0.480 e. The quantitative estimate of drug-likeness (QED) is 0.780. The maximum absolute atomic E-state index is 12.8. The number of hydrogen-bond acceptors (Lipinski definition) is 4. The Balaban J connectivity index is 2.18. The van der Waals surface area contributed by atoms with Crippen LogP contribution < -0.4 is 0 Å². The first kappa shape index (κ1) is 20.4. The molecule has 1 aromatic carbocycles. The van der Waals surface area contributed by atoms with E-state index in [0.717, 1.165) is 25.7 Å². The lowest BCUT2D eigenvalue weighted by atomic mass is 10.2. The molecule has 0 atom stereocenters. The van der Waals surface area contributed by atoms with Crippen molar-refractivity contribution in [1.82, 2.24) is 9.21 Å². The van der Waals surface area contributed by atoms with Crippen LogP contribution in [-0.4, -0.2) is 60.8 Å². The zero-order valence-corrected chi connectivity index (χ0v) is 15.9. The van der Waals surface area contributed by atoms with E-state index in [-0.39, 0.29) is 17.0 Å². The van der Waals surface area contributed by atoms with Gasteiger partial charge < -0.3 is 10.0 Å². The summed E-state index contributed by atoms with van der Waals surface area (Å²) in [6, 6.07) is 5.77. The number of sulfonamides is 1. The van der Waals surface area contributed by atoms with E-state index in [1.165, 1.54) is 33.5 Å². The number of amides is 1. The van der Waals surface area contributed by atoms with Gasteiger partial charge in [0.05, 0.1) is 4.90 Å². The normalized spacial score (nSPS) is 16.0. The van der Waals surface area contributed by atoms with Gasteiger partial charge in [-0.1, -0.05) is 19.8 Å². The third kappa shape index (κ3) is 5.04. The predicted octanol–water partition coefficient (Wildman–Crippen LogP) is 2.19. The highest BCUT2D eigenvalue weighted by molar-refractivity contribution is 7.89. The van der Waals surface area contributed by atoms with Crippen LogP contribution >= 0.6 is 0 Å². The van der Waals surface area contributed by atoms with E-state index in [1.54, 1.807) is 0 Å². The van der Waals surface area contributed by atoms with Crippen LogP contribution in [-0.2, 0) is 14.8 Å². The second-order valence-corrected chi connectivity index (χ2v) is 8.40. The van der Waals surface area contributed by atoms with Crippen molar-refractivity contribution < 1.29 is 23.1 Å². The van der Waals surface area contributed by atoms with E-state index < -0.39 is 21.9 Å². The van der Waals surface area contributed by atoms with Crippen molar-refractivity contribution in [3.63, 3.8) is 0 Å². The van der Waals surface area contributed by atoms with Gasteiger partial charge in [-0.05, 0) is 43.5 Å². The number of carboxylic acids is 1. The molecule has 2 rings (SSSR count). The van der Waals surface area contributed by atoms with Crippen molar-refractivity contribution in [1.29, 1.82) is 0 Å². The van der Waals surface area contributed by atoms with E-state index in [2.05, 4.69) is 0 Å². The molecule has 7 nitrogen and oxygen atoms in total. The van der Waals surface area contributed by atoms with Gasteiger partial charge in [-0.3, -0.25) is 9.59 Å². The van der Waals surface area contributed by atoms with Gasteiger partial charge in [0.1, 0.15) is 6.54 Å². The molecule has 1 saturated heterocycles. The van der Waals surface area contributed by atoms with Crippen LogP contribution in [0.25, 0.3) is 0 Å². The molecular formula is C18H26N2O5S. The van der Waals surface area contributed by atoms with Gasteiger partial charge in [0.2, 0.25) is 10.0 Å². The highest BCUT2D eigenvalue weighted by Gasteiger charge is 2.25. The van der Waals surface area contributed by atoms with Gasteiger partial charge in [0.25, 0.3) is 5.91 Å². The van der Waals surface area contributed by atoms with Crippen LogP contribution in [0.3, 0.4) is 0 Å². The maximum atomic E-state index is 12.8. The molecule has 0 bridgehead atoms. The van der Waals surface area contributed by atoms with E-state index in [1.807, 2.05) is 6.92 Å². The van der Waals surface area contributed by atoms with Crippen LogP contribution in [0.5, 0.6) is 0 Å². The van der Waals surface area contributed by atoms with Gasteiger partial charge in [-0.25, -0.2) is 8.42 Å². The van der Waals surface area contributed by atoms with E-state index >= 15 is 0 Å². The lowest BCUT2D eigenvalue weighted by Gasteiger charge is -2.21. The van der Waals surface area contributed by atoms with Gasteiger partial charge in [0.15, 0.2) is 0 Å². The van der Waals surface area contributed by atoms with Gasteiger partial charge in [-0.2, -0.15) is 4.31 Å². The van der Waals surface area contributed by atoms with Crippen molar-refractivity contribution in [2.45, 2.75) is 43.9 Å². The first-order chi connectivity index (χ1) is 12.4. The first-order valence-corrected chi connectivity index (χ1v) is 10.4. The minimum absolute atomic E-state index is 0.163. The minimum atomic E-state index is -3.56. The number of hydrogen-bond donors (Lipinski definition) is 1. The number of carbonyl (C=O) groups excluding carboxylic acids is 1. The highest BCUT2D eigenvalue weighted by atomic mass is 32.2. The summed E-state index contributed by atoms with van der Waals surface area (Å²) in [5.41, 5.74) is 0.287. The summed E-state index contributed by atoms with van der Waals surface area (Å²) in [6.45, 7) is 2.86. The van der Waals surface area contributed by atoms with Crippen molar-refractivity contribution in [3.05, 3.63) is 29.8 Å². The standard InChI is InChI=1S/C18H26N2O5S/c1-2-11-19(14-17(21)22)18(23)15-7-9-16(10-8-15)26(24,25)20-12-5-3-4-6-13-20/h7-10H,2-6,11-14H2,1H3,(H,21,22). The zero-order chi connectivity index (χ0) is 19.2. The molecule has 1 heterocycles. The first-order valence-electron chi connectivity index (χ1n) is 8.97. The number of carbonyl (C=O) groups is 2. The fraction of sp³-hybridized carbons (Fsp3) is 0.556. The third-order valence-corrected chi connectivity index (χ3v) is 6.32. The molecular weight excluding hydrogens is 356 g/mol. The fourth-order valence-corrected chi connectivity index (χ4v) is 4.59. The Hall–Kier alpha value is -1.93. The van der Waals surface area contributed by atoms with E-state index in [0.29, 0.717) is 26.1 Å². The maximum Gasteiger partial charge on any atom is 0.323 e. The van der Waals surface area contributed by atoms with Crippen molar-refractivity contribution in [3.8, 4) is 0 Å². The minimum Gasteiger partial charge on any atom is -0.480 e. The Morgan fingerprint density at radius 3 is 2.15 bits per heavy atom. The van der Waals surface area contributed by atoms with Crippen LogP contribution in [0.1, 0.15) is 49.4 Å². The van der Waals surface area contributed by atoms with Crippen LogP contribution in [0.4, 0.5) is 0 Å². The number of rotatable bonds is 7. The van der Waals surface area contributed by atoms with E-state index in [9.17, 15) is 18.0 Å². The molecule has 1 fully saturated rings. The Morgan fingerprint density at radius 1 is 1.08 bits per heavy atom. The molecule has 1 amide bonds. The highest BCUT2D eigenvalue weighted by Crippen LogP contribution is 2.21. The zero-order valence-electron chi connectivity index (χ0n) is 15.1. The molecule has 1 aliphatic rings. The summed E-state index contributed by atoms with van der Waals surface area (Å²) in [6.07, 6.45) is 4.43. The summed E-state index contributed by atoms with van der Waals surface area (Å²) in [4.78, 5) is 24.8. The average Bonchev–Trinajstić information content (AvgIpc) is 2.90. The van der Waals surface area contributed by atoms with Gasteiger partial charge in [0, 0.05) is 25.2 Å². The van der Waals surface area contributed by atoms with Crippen molar-refractivity contribution in [2.24, 2.45) is 0 Å². The molecule has 1 N–H and O–H groups in total. The lowest BCUT2D eigenvalue weighted by Crippen LogP contribution is -2.36. The number of aliphatic carboxylic acids is 1. The molecule has 26 heavy (non-hydrogen) atoms. The molecule has 144 valence electrons. The number of nitrogens with zero attached hydrogens (tertiary/aromatic N) is 2. The molecule has 0 saturated carbocycles. The molecule has 8 heteroatoms. The Labute approximate surface area is 154 Å². The predicted molar refractivity (Wildman–Crippen MR) is 97.5 cm³/mol. The van der Waals surface area contributed by atoms with Gasteiger partial charge in [-0.15, -0.1) is 0 Å². The summed E-state index contributed by atoms with van der Waals surface area (Å²) in [5.74, 6) is -1.49. The van der Waals surface area contributed by atoms with Crippen LogP contribution in [0, 0.1) is 0 Å². The number of benzene rings is 1. The smallest absolute Gasteiger partial charge is 0.323 e. The Kier molecular flexibility index (Phi) is 7.16. The molecule has 0 radical (unpaired) electrons. The Morgan fingerprint density at radius 2 is 1.65 bits per heavy atom. The lowest BCUT2D eigenvalue weighted by molar-refractivity contribution is -0.137.